The highest BCUT2D eigenvalue weighted by atomic mass is 14.0. The second kappa shape index (κ2) is 4.17. The lowest BCUT2D eigenvalue weighted by molar-refractivity contribution is 0.571. The van der Waals surface area contributed by atoms with Gasteiger partial charge in [-0.2, -0.15) is 0 Å². The van der Waals surface area contributed by atoms with E-state index in [4.69, 9.17) is 0 Å². The van der Waals surface area contributed by atoms with Crippen LogP contribution >= 0.6 is 0 Å². The Morgan fingerprint density at radius 2 is 1.90 bits per heavy atom. The molecule has 0 atom stereocenters. The minimum Gasteiger partial charge on any atom is -0.0926 e. The molecule has 0 aliphatic rings. The van der Waals surface area contributed by atoms with Gasteiger partial charge in [-0.1, -0.05) is 24.8 Å². The summed E-state index contributed by atoms with van der Waals surface area (Å²) in [6.45, 7) is 8.44. The molecule has 0 unspecified atom stereocenters. The normalized spacial score (nSPS) is 11.2. The van der Waals surface area contributed by atoms with Gasteiger partial charge in [-0.25, -0.2) is 0 Å². The van der Waals surface area contributed by atoms with Gasteiger partial charge >= 0.3 is 0 Å². The predicted molar refractivity (Wildman–Crippen MR) is 46.7 cm³/mol. The van der Waals surface area contributed by atoms with Crippen LogP contribution in [0.4, 0.5) is 0 Å². The van der Waals surface area contributed by atoms with Crippen molar-refractivity contribution in [3.8, 4) is 11.8 Å². The van der Waals surface area contributed by atoms with Gasteiger partial charge in [-0.15, -0.1) is 0 Å². The van der Waals surface area contributed by atoms with E-state index in [1.165, 1.54) is 0 Å². The van der Waals surface area contributed by atoms with Gasteiger partial charge in [0.25, 0.3) is 0 Å². The van der Waals surface area contributed by atoms with Crippen molar-refractivity contribution in [2.24, 2.45) is 5.41 Å². The quantitative estimate of drug-likeness (QED) is 0.486. The molecule has 0 heteroatoms. The standard InChI is InChI=1S/C10H16/c1-5-6-7-8-9-10(2,3)4/h6-7H,5H2,1-4H3/b7-6+. The lowest BCUT2D eigenvalue weighted by atomic mass is 9.98. The Morgan fingerprint density at radius 3 is 2.30 bits per heavy atom. The fourth-order valence-electron chi connectivity index (χ4n) is 0.435. The summed E-state index contributed by atoms with van der Waals surface area (Å²) in [6, 6.07) is 0. The fraction of sp³-hybridized carbons (Fsp3) is 0.600. The molecule has 56 valence electrons. The molecule has 0 fully saturated rings. The molecule has 0 saturated heterocycles. The molecular weight excluding hydrogens is 120 g/mol. The SMILES string of the molecule is CC/C=C/C#CC(C)(C)C. The number of hydrogen-bond acceptors (Lipinski definition) is 0. The van der Waals surface area contributed by atoms with Gasteiger partial charge in [0.1, 0.15) is 0 Å². The molecule has 0 saturated carbocycles. The van der Waals surface area contributed by atoms with Gasteiger partial charge in [0.2, 0.25) is 0 Å². The van der Waals surface area contributed by atoms with Crippen LogP contribution in [0.5, 0.6) is 0 Å². The summed E-state index contributed by atoms with van der Waals surface area (Å²) >= 11 is 0. The summed E-state index contributed by atoms with van der Waals surface area (Å²) in [5.41, 5.74) is 0.137. The van der Waals surface area contributed by atoms with E-state index in [1.807, 2.05) is 6.08 Å². The predicted octanol–water partition coefficient (Wildman–Crippen LogP) is 3.00. The molecular formula is C10H16. The zero-order valence-corrected chi connectivity index (χ0v) is 7.36. The van der Waals surface area contributed by atoms with Gasteiger partial charge in [-0.05, 0) is 33.3 Å². The first kappa shape index (κ1) is 9.30. The van der Waals surface area contributed by atoms with Crippen LogP contribution in [0.15, 0.2) is 12.2 Å². The highest BCUT2D eigenvalue weighted by Crippen LogP contribution is 2.09. The summed E-state index contributed by atoms with van der Waals surface area (Å²) in [4.78, 5) is 0. The van der Waals surface area contributed by atoms with Crippen LogP contribution in [-0.4, -0.2) is 0 Å². The van der Waals surface area contributed by atoms with E-state index in [9.17, 15) is 0 Å². The molecule has 0 aromatic heterocycles. The monoisotopic (exact) mass is 136 g/mol. The summed E-state index contributed by atoms with van der Waals surface area (Å²) in [5, 5.41) is 0. The van der Waals surface area contributed by atoms with Crippen LogP contribution < -0.4 is 0 Å². The van der Waals surface area contributed by atoms with E-state index in [2.05, 4.69) is 45.6 Å². The second-order valence-electron chi connectivity index (χ2n) is 3.33. The fourth-order valence-corrected chi connectivity index (χ4v) is 0.435. The van der Waals surface area contributed by atoms with Crippen molar-refractivity contribution in [2.45, 2.75) is 34.1 Å². The molecule has 0 aromatic rings. The third-order valence-electron chi connectivity index (χ3n) is 0.884. The Morgan fingerprint density at radius 1 is 1.30 bits per heavy atom. The average molecular weight is 136 g/mol. The first-order chi connectivity index (χ1) is 4.56. The Balaban J connectivity index is 3.81. The number of allylic oxidation sites excluding steroid dienone is 2. The lowest BCUT2D eigenvalue weighted by Crippen LogP contribution is -1.98. The van der Waals surface area contributed by atoms with E-state index >= 15 is 0 Å². The van der Waals surface area contributed by atoms with E-state index in [-0.39, 0.29) is 5.41 Å². The Labute approximate surface area is 64.3 Å². The Hall–Kier alpha value is -0.700. The molecule has 10 heavy (non-hydrogen) atoms. The van der Waals surface area contributed by atoms with Gasteiger partial charge < -0.3 is 0 Å². The summed E-state index contributed by atoms with van der Waals surface area (Å²) in [7, 11) is 0. The van der Waals surface area contributed by atoms with E-state index in [1.54, 1.807) is 0 Å². The van der Waals surface area contributed by atoms with Gasteiger partial charge in [-0.3, -0.25) is 0 Å². The van der Waals surface area contributed by atoms with Gasteiger partial charge in [0.05, 0.1) is 0 Å². The van der Waals surface area contributed by atoms with Crippen molar-refractivity contribution in [1.82, 2.24) is 0 Å². The molecule has 0 N–H and O–H groups in total. The van der Waals surface area contributed by atoms with Crippen molar-refractivity contribution in [2.75, 3.05) is 0 Å². The molecule has 0 nitrogen and oxygen atoms in total. The van der Waals surface area contributed by atoms with Crippen LogP contribution in [0, 0.1) is 17.3 Å². The first-order valence-corrected chi connectivity index (χ1v) is 3.74. The molecule has 0 aromatic carbocycles. The second-order valence-corrected chi connectivity index (χ2v) is 3.33. The van der Waals surface area contributed by atoms with E-state index in [0.29, 0.717) is 0 Å². The van der Waals surface area contributed by atoms with Crippen molar-refractivity contribution < 1.29 is 0 Å². The minimum absolute atomic E-state index is 0.137. The topological polar surface area (TPSA) is 0 Å². The number of rotatable bonds is 1. The minimum atomic E-state index is 0.137. The molecule has 0 amide bonds. The zero-order chi connectivity index (χ0) is 8.04. The summed E-state index contributed by atoms with van der Waals surface area (Å²) in [6.07, 6.45) is 5.06. The lowest BCUT2D eigenvalue weighted by Gasteiger charge is -2.05. The summed E-state index contributed by atoms with van der Waals surface area (Å²) in [5.74, 6) is 6.12. The van der Waals surface area contributed by atoms with Gasteiger partial charge in [0.15, 0.2) is 0 Å². The van der Waals surface area contributed by atoms with Crippen LogP contribution in [0.25, 0.3) is 0 Å². The first-order valence-electron chi connectivity index (χ1n) is 3.74. The average Bonchev–Trinajstić information content (AvgIpc) is 1.78. The Bertz CT molecular complexity index is 157. The van der Waals surface area contributed by atoms with Crippen molar-refractivity contribution in [3.05, 3.63) is 12.2 Å². The highest BCUT2D eigenvalue weighted by molar-refractivity contribution is 5.18. The Kier molecular flexibility index (Phi) is 3.88. The third-order valence-corrected chi connectivity index (χ3v) is 0.884. The van der Waals surface area contributed by atoms with Crippen LogP contribution in [0.1, 0.15) is 34.1 Å². The maximum absolute atomic E-state index is 3.12. The van der Waals surface area contributed by atoms with Crippen molar-refractivity contribution in [1.29, 1.82) is 0 Å². The molecule has 0 aliphatic heterocycles. The summed E-state index contributed by atoms with van der Waals surface area (Å²) < 4.78 is 0. The van der Waals surface area contributed by atoms with E-state index in [0.717, 1.165) is 6.42 Å². The van der Waals surface area contributed by atoms with Crippen molar-refractivity contribution >= 4 is 0 Å². The molecule has 0 spiro atoms. The van der Waals surface area contributed by atoms with Crippen LogP contribution in [-0.2, 0) is 0 Å². The molecule has 0 heterocycles. The molecule has 0 bridgehead atoms. The maximum Gasteiger partial charge on any atom is 0.0233 e. The molecule has 0 aliphatic carbocycles. The van der Waals surface area contributed by atoms with Crippen LogP contribution in [0.3, 0.4) is 0 Å². The number of hydrogen-bond donors (Lipinski definition) is 0. The maximum atomic E-state index is 3.12. The zero-order valence-electron chi connectivity index (χ0n) is 7.36. The molecule has 0 rings (SSSR count). The largest absolute Gasteiger partial charge is 0.0926 e. The van der Waals surface area contributed by atoms with Crippen LogP contribution in [0.2, 0.25) is 0 Å². The van der Waals surface area contributed by atoms with Gasteiger partial charge in [0, 0.05) is 5.41 Å². The molecule has 0 radical (unpaired) electrons. The smallest absolute Gasteiger partial charge is 0.0233 e. The van der Waals surface area contributed by atoms with Crippen molar-refractivity contribution in [3.63, 3.8) is 0 Å². The van der Waals surface area contributed by atoms with E-state index < -0.39 is 0 Å². The third kappa shape index (κ3) is 7.30. The highest BCUT2D eigenvalue weighted by Gasteiger charge is 2.01.